The van der Waals surface area contributed by atoms with Crippen LogP contribution >= 0.6 is 0 Å². The van der Waals surface area contributed by atoms with E-state index in [0.29, 0.717) is 13.0 Å². The van der Waals surface area contributed by atoms with Crippen LogP contribution in [0.5, 0.6) is 0 Å². The number of carbonyl (C=O) groups excluding carboxylic acids is 1. The number of benzene rings is 1. The molecule has 1 aliphatic rings. The van der Waals surface area contributed by atoms with Crippen molar-refractivity contribution >= 4 is 5.97 Å². The molecule has 1 aromatic carbocycles. The molecule has 0 aliphatic heterocycles. The van der Waals surface area contributed by atoms with Crippen LogP contribution in [-0.4, -0.2) is 17.1 Å². The molecule has 0 bridgehead atoms. The lowest BCUT2D eigenvalue weighted by Gasteiger charge is -2.33. The summed E-state index contributed by atoms with van der Waals surface area (Å²) in [7, 11) is 0. The molecule has 194 valence electrons. The van der Waals surface area contributed by atoms with Gasteiger partial charge in [-0.2, -0.15) is 13.2 Å². The topological polar surface area (TPSA) is 31.2 Å². The summed E-state index contributed by atoms with van der Waals surface area (Å²) in [6, 6.07) is 7.83. The van der Waals surface area contributed by atoms with E-state index >= 15 is 0 Å². The molecule has 6 heteroatoms. The number of hydrogen-bond acceptors (Lipinski definition) is 2. The molecule has 35 heavy (non-hydrogen) atoms. The quantitative estimate of drug-likeness (QED) is 0.347. The van der Waals surface area contributed by atoms with E-state index in [1.165, 1.54) is 29.1 Å². The number of carbonyl (C=O) groups is 1. The Morgan fingerprint density at radius 1 is 1.14 bits per heavy atom. The van der Waals surface area contributed by atoms with Crippen molar-refractivity contribution in [2.45, 2.75) is 104 Å². The van der Waals surface area contributed by atoms with Gasteiger partial charge in [-0.25, -0.2) is 0 Å². The van der Waals surface area contributed by atoms with Gasteiger partial charge in [0.2, 0.25) is 0 Å². The van der Waals surface area contributed by atoms with Crippen molar-refractivity contribution < 1.29 is 22.7 Å². The number of esters is 1. The number of hydrogen-bond donors (Lipinski definition) is 0. The van der Waals surface area contributed by atoms with Gasteiger partial charge < -0.3 is 9.30 Å². The number of aryl methyl sites for hydroxylation is 1. The Hall–Kier alpha value is -2.24. The lowest BCUT2D eigenvalue weighted by molar-refractivity contribution is -0.143. The Balaban J connectivity index is 2.14. The van der Waals surface area contributed by atoms with Crippen molar-refractivity contribution in [1.29, 1.82) is 0 Å². The van der Waals surface area contributed by atoms with E-state index in [1.807, 2.05) is 6.92 Å². The highest BCUT2D eigenvalue weighted by Gasteiger charge is 2.34. The zero-order valence-corrected chi connectivity index (χ0v) is 22.0. The zero-order chi connectivity index (χ0) is 26.0. The lowest BCUT2D eigenvalue weighted by Crippen LogP contribution is -2.24. The summed E-state index contributed by atoms with van der Waals surface area (Å²) in [4.78, 5) is 12.5. The number of rotatable bonds is 8. The summed E-state index contributed by atoms with van der Waals surface area (Å²) in [5, 5.41) is 0. The molecule has 0 radical (unpaired) electrons. The molecule has 3 nitrogen and oxygen atoms in total. The van der Waals surface area contributed by atoms with E-state index in [9.17, 15) is 18.0 Å². The third-order valence-electron chi connectivity index (χ3n) is 6.99. The largest absolute Gasteiger partial charge is 0.466 e. The smallest absolute Gasteiger partial charge is 0.416 e. The third kappa shape index (κ3) is 6.71. The summed E-state index contributed by atoms with van der Waals surface area (Å²) in [5.41, 5.74) is 3.95. The van der Waals surface area contributed by atoms with Crippen molar-refractivity contribution in [2.75, 3.05) is 6.61 Å². The minimum atomic E-state index is -4.36. The Bertz CT molecular complexity index is 997. The van der Waals surface area contributed by atoms with Crippen LogP contribution in [0.2, 0.25) is 0 Å². The molecule has 3 rings (SSSR count). The zero-order valence-electron chi connectivity index (χ0n) is 22.0. The maximum atomic E-state index is 13.3. The first-order valence-corrected chi connectivity index (χ1v) is 12.9. The second-order valence-electron chi connectivity index (χ2n) is 11.3. The van der Waals surface area contributed by atoms with Gasteiger partial charge in [-0.3, -0.25) is 4.79 Å². The maximum Gasteiger partial charge on any atom is 0.416 e. The van der Waals surface area contributed by atoms with Crippen molar-refractivity contribution in [1.82, 2.24) is 4.57 Å². The molecular formula is C29H40F3NO2. The Morgan fingerprint density at radius 2 is 1.80 bits per heavy atom. The van der Waals surface area contributed by atoms with E-state index in [1.54, 1.807) is 12.1 Å². The van der Waals surface area contributed by atoms with E-state index in [2.05, 4.69) is 45.3 Å². The molecule has 2 aromatic rings. The van der Waals surface area contributed by atoms with Gasteiger partial charge in [0.1, 0.15) is 0 Å². The van der Waals surface area contributed by atoms with E-state index in [4.69, 9.17) is 4.74 Å². The molecule has 1 aromatic heterocycles. The van der Waals surface area contributed by atoms with Gasteiger partial charge in [-0.1, -0.05) is 46.8 Å². The number of aromatic nitrogens is 1. The fraction of sp³-hybridized carbons (Fsp3) is 0.621. The van der Waals surface area contributed by atoms with Crippen LogP contribution in [0.25, 0.3) is 0 Å². The highest BCUT2D eigenvalue weighted by molar-refractivity contribution is 5.70. The van der Waals surface area contributed by atoms with Gasteiger partial charge in [-0.15, -0.1) is 0 Å². The lowest BCUT2D eigenvalue weighted by atomic mass is 9.84. The van der Waals surface area contributed by atoms with Crippen molar-refractivity contribution in [3.8, 4) is 0 Å². The monoisotopic (exact) mass is 491 g/mol. The Kier molecular flexibility index (Phi) is 8.44. The minimum absolute atomic E-state index is 0.0527. The molecule has 0 N–H and O–H groups in total. The number of halogens is 3. The van der Waals surface area contributed by atoms with Crippen molar-refractivity contribution in [3.63, 3.8) is 0 Å². The minimum Gasteiger partial charge on any atom is -0.466 e. The molecule has 0 saturated heterocycles. The maximum absolute atomic E-state index is 13.3. The van der Waals surface area contributed by atoms with Crippen LogP contribution in [0, 0.1) is 5.41 Å². The van der Waals surface area contributed by atoms with Crippen molar-refractivity contribution in [2.24, 2.45) is 5.41 Å². The van der Waals surface area contributed by atoms with Crippen LogP contribution < -0.4 is 0 Å². The van der Waals surface area contributed by atoms with Gasteiger partial charge in [-0.05, 0) is 79.7 Å². The summed E-state index contributed by atoms with van der Waals surface area (Å²) in [6.07, 6.45) is 0.590. The predicted octanol–water partition coefficient (Wildman–Crippen LogP) is 8.42. The number of alkyl halides is 3. The molecule has 0 amide bonds. The first-order chi connectivity index (χ1) is 16.3. The SMILES string of the molecule is CCOC(=O)CC1CCCc2cc(C(C)C)n(C(CCC(C)(C)C)c3ccc(C(F)(F)F)cc3)c21. The first-order valence-electron chi connectivity index (χ1n) is 12.9. The van der Waals surface area contributed by atoms with E-state index < -0.39 is 11.7 Å². The first kappa shape index (κ1) is 27.3. The normalized spacial score (nSPS) is 17.4. The van der Waals surface area contributed by atoms with Crippen LogP contribution in [0.4, 0.5) is 13.2 Å². The van der Waals surface area contributed by atoms with E-state index in [-0.39, 0.29) is 29.3 Å². The summed E-state index contributed by atoms with van der Waals surface area (Å²) >= 11 is 0. The third-order valence-corrected chi connectivity index (χ3v) is 6.99. The van der Waals surface area contributed by atoms with Crippen molar-refractivity contribution in [3.05, 3.63) is 58.4 Å². The van der Waals surface area contributed by atoms with E-state index in [0.717, 1.165) is 37.7 Å². The molecular weight excluding hydrogens is 451 g/mol. The Labute approximate surface area is 208 Å². The second kappa shape index (κ2) is 10.8. The predicted molar refractivity (Wildman–Crippen MR) is 134 cm³/mol. The highest BCUT2D eigenvalue weighted by Crippen LogP contribution is 2.43. The standard InChI is InChI=1S/C29H40F3NO2/c1-7-35-26(34)18-22-10-8-9-21-17-25(19(2)3)33(27(21)22)24(15-16-28(4,5)6)20-11-13-23(14-12-20)29(30,31)32/h11-14,17,19,22,24H,7-10,15-16,18H2,1-6H3. The number of ether oxygens (including phenoxy) is 1. The average molecular weight is 492 g/mol. The molecule has 1 aliphatic carbocycles. The van der Waals surface area contributed by atoms with Gasteiger partial charge in [0, 0.05) is 17.3 Å². The molecule has 0 spiro atoms. The molecule has 0 saturated carbocycles. The van der Waals surface area contributed by atoms with Crippen LogP contribution in [0.3, 0.4) is 0 Å². The summed E-state index contributed by atoms with van der Waals surface area (Å²) < 4.78 is 47.5. The molecule has 1 heterocycles. The fourth-order valence-electron chi connectivity index (χ4n) is 5.27. The Morgan fingerprint density at radius 3 is 2.34 bits per heavy atom. The second-order valence-corrected chi connectivity index (χ2v) is 11.3. The molecule has 2 unspecified atom stereocenters. The number of fused-ring (bicyclic) bond motifs is 1. The van der Waals surface area contributed by atoms with Gasteiger partial charge in [0.25, 0.3) is 0 Å². The number of nitrogens with zero attached hydrogens (tertiary/aromatic N) is 1. The molecule has 0 fully saturated rings. The average Bonchev–Trinajstić information content (AvgIpc) is 3.14. The summed E-state index contributed by atoms with van der Waals surface area (Å²) in [6.45, 7) is 13.1. The summed E-state index contributed by atoms with van der Waals surface area (Å²) in [5.74, 6) is 0.109. The van der Waals surface area contributed by atoms with Gasteiger partial charge in [0.15, 0.2) is 0 Å². The van der Waals surface area contributed by atoms with Crippen LogP contribution in [0.15, 0.2) is 30.3 Å². The highest BCUT2D eigenvalue weighted by atomic mass is 19.4. The molecule has 2 atom stereocenters. The van der Waals surface area contributed by atoms with Gasteiger partial charge >= 0.3 is 12.1 Å². The van der Waals surface area contributed by atoms with Gasteiger partial charge in [0.05, 0.1) is 24.6 Å². The van der Waals surface area contributed by atoms with Crippen LogP contribution in [0.1, 0.15) is 120 Å². The fourth-order valence-corrected chi connectivity index (χ4v) is 5.27. The van der Waals surface area contributed by atoms with Crippen LogP contribution in [-0.2, 0) is 22.1 Å².